The molecule has 0 radical (unpaired) electrons. The lowest BCUT2D eigenvalue weighted by Crippen LogP contribution is -2.59. The molecule has 0 saturated heterocycles. The molecule has 144 valence electrons. The first kappa shape index (κ1) is 18.3. The number of fused-ring (bicyclic) bond motifs is 5. The zero-order chi connectivity index (χ0) is 18.9. The third-order valence-electron chi connectivity index (χ3n) is 8.74. The standard InChI is InChI=1S/C23H35NO2/c1-21(2,3)20(26)17-8-7-15-14-6-9-18-23(5,13-11-19(25)24-18)16(14)10-12-22(15,17)4/h11,13-18H,6-10,12H2,1-5H3,(H,24,25)/t14-,15-,16+,17?,18?,22-,23+/m0/s1. The third kappa shape index (κ3) is 2.45. The van der Waals surface area contributed by atoms with E-state index < -0.39 is 0 Å². The van der Waals surface area contributed by atoms with Crippen LogP contribution < -0.4 is 5.32 Å². The van der Waals surface area contributed by atoms with Crippen LogP contribution in [0.25, 0.3) is 0 Å². The van der Waals surface area contributed by atoms with Gasteiger partial charge in [0.1, 0.15) is 5.78 Å². The van der Waals surface area contributed by atoms with E-state index in [-0.39, 0.29) is 28.1 Å². The number of amides is 1. The predicted molar refractivity (Wildman–Crippen MR) is 103 cm³/mol. The summed E-state index contributed by atoms with van der Waals surface area (Å²) in [4.78, 5) is 25.0. The van der Waals surface area contributed by atoms with Gasteiger partial charge in [-0.15, -0.1) is 0 Å². The van der Waals surface area contributed by atoms with E-state index in [0.29, 0.717) is 29.6 Å². The molecule has 2 unspecified atom stereocenters. The Bertz CT molecular complexity index is 660. The summed E-state index contributed by atoms with van der Waals surface area (Å²) in [6.07, 6.45) is 10.9. The monoisotopic (exact) mass is 357 g/mol. The minimum absolute atomic E-state index is 0.0725. The van der Waals surface area contributed by atoms with E-state index in [1.165, 1.54) is 19.3 Å². The van der Waals surface area contributed by atoms with Crippen LogP contribution in [0.1, 0.15) is 73.1 Å². The molecule has 0 aromatic rings. The highest BCUT2D eigenvalue weighted by Crippen LogP contribution is 2.65. The first-order chi connectivity index (χ1) is 12.1. The average molecular weight is 358 g/mol. The Morgan fingerprint density at radius 2 is 1.81 bits per heavy atom. The summed E-state index contributed by atoms with van der Waals surface area (Å²) in [7, 11) is 0. The number of carbonyl (C=O) groups is 2. The van der Waals surface area contributed by atoms with Crippen LogP contribution in [0.3, 0.4) is 0 Å². The molecular formula is C23H35NO2. The molecule has 7 atom stereocenters. The molecule has 1 heterocycles. The smallest absolute Gasteiger partial charge is 0.243 e. The second-order valence-electron chi connectivity index (χ2n) is 11.0. The molecule has 3 nitrogen and oxygen atoms in total. The minimum atomic E-state index is -0.237. The van der Waals surface area contributed by atoms with Gasteiger partial charge in [0, 0.05) is 22.8 Å². The van der Waals surface area contributed by atoms with Crippen molar-refractivity contribution in [2.75, 3.05) is 0 Å². The van der Waals surface area contributed by atoms with Gasteiger partial charge < -0.3 is 5.32 Å². The highest BCUT2D eigenvalue weighted by atomic mass is 16.1. The van der Waals surface area contributed by atoms with Gasteiger partial charge in [-0.2, -0.15) is 0 Å². The van der Waals surface area contributed by atoms with Gasteiger partial charge in [-0.1, -0.05) is 40.7 Å². The van der Waals surface area contributed by atoms with Crippen molar-refractivity contribution in [3.05, 3.63) is 12.2 Å². The molecule has 1 N–H and O–H groups in total. The number of ketones is 1. The lowest BCUT2D eigenvalue weighted by Gasteiger charge is -2.59. The fraction of sp³-hybridized carbons (Fsp3) is 0.826. The molecule has 0 spiro atoms. The quantitative estimate of drug-likeness (QED) is 0.750. The van der Waals surface area contributed by atoms with Gasteiger partial charge in [0.05, 0.1) is 0 Å². The van der Waals surface area contributed by atoms with Gasteiger partial charge in [0.25, 0.3) is 0 Å². The summed E-state index contributed by atoms with van der Waals surface area (Å²) in [6.45, 7) is 11.0. The summed E-state index contributed by atoms with van der Waals surface area (Å²) in [5.41, 5.74) is 0.0279. The number of Topliss-reactive ketones (excluding diaryl/α,β-unsaturated/α-hetero) is 1. The number of hydrogen-bond acceptors (Lipinski definition) is 2. The molecule has 0 aromatic carbocycles. The molecule has 4 aliphatic rings. The topological polar surface area (TPSA) is 46.2 Å². The predicted octanol–water partition coefficient (Wildman–Crippen LogP) is 4.52. The number of hydrogen-bond donors (Lipinski definition) is 1. The van der Waals surface area contributed by atoms with E-state index in [1.807, 2.05) is 0 Å². The molecule has 4 rings (SSSR count). The van der Waals surface area contributed by atoms with E-state index in [2.05, 4.69) is 46.0 Å². The fourth-order valence-corrected chi connectivity index (χ4v) is 7.29. The third-order valence-corrected chi connectivity index (χ3v) is 8.74. The largest absolute Gasteiger partial charge is 0.349 e. The molecule has 3 heteroatoms. The highest BCUT2D eigenvalue weighted by Gasteiger charge is 2.61. The van der Waals surface area contributed by atoms with Crippen LogP contribution in [0.4, 0.5) is 0 Å². The fourth-order valence-electron chi connectivity index (χ4n) is 7.29. The van der Waals surface area contributed by atoms with Crippen molar-refractivity contribution in [2.45, 2.75) is 79.2 Å². The molecule has 26 heavy (non-hydrogen) atoms. The Morgan fingerprint density at radius 1 is 1.08 bits per heavy atom. The summed E-state index contributed by atoms with van der Waals surface area (Å²) in [5.74, 6) is 2.79. The van der Waals surface area contributed by atoms with E-state index in [9.17, 15) is 9.59 Å². The van der Waals surface area contributed by atoms with E-state index in [0.717, 1.165) is 19.3 Å². The van der Waals surface area contributed by atoms with Gasteiger partial charge in [-0.25, -0.2) is 0 Å². The van der Waals surface area contributed by atoms with Crippen LogP contribution >= 0.6 is 0 Å². The second-order valence-corrected chi connectivity index (χ2v) is 11.0. The Balaban J connectivity index is 1.63. The Hall–Kier alpha value is -1.12. The summed E-state index contributed by atoms with van der Waals surface area (Å²) in [5, 5.41) is 3.23. The number of carbonyl (C=O) groups excluding carboxylic acids is 2. The molecule has 0 aromatic heterocycles. The molecule has 3 fully saturated rings. The molecular weight excluding hydrogens is 322 g/mol. The van der Waals surface area contributed by atoms with E-state index >= 15 is 0 Å². The van der Waals surface area contributed by atoms with Gasteiger partial charge in [-0.3, -0.25) is 9.59 Å². The molecule has 1 amide bonds. The van der Waals surface area contributed by atoms with Crippen molar-refractivity contribution in [1.29, 1.82) is 0 Å². The van der Waals surface area contributed by atoms with Crippen LogP contribution in [0.5, 0.6) is 0 Å². The van der Waals surface area contributed by atoms with Crippen molar-refractivity contribution in [3.8, 4) is 0 Å². The normalized spacial score (nSPS) is 47.6. The lowest BCUT2D eigenvalue weighted by atomic mass is 9.47. The zero-order valence-electron chi connectivity index (χ0n) is 17.1. The van der Waals surface area contributed by atoms with Crippen molar-refractivity contribution < 1.29 is 9.59 Å². The maximum absolute atomic E-state index is 13.2. The van der Waals surface area contributed by atoms with E-state index in [4.69, 9.17) is 0 Å². The van der Waals surface area contributed by atoms with Crippen LogP contribution in [-0.4, -0.2) is 17.7 Å². The van der Waals surface area contributed by atoms with Crippen molar-refractivity contribution in [1.82, 2.24) is 5.32 Å². The van der Waals surface area contributed by atoms with Gasteiger partial charge >= 0.3 is 0 Å². The Labute approximate surface area is 158 Å². The van der Waals surface area contributed by atoms with E-state index in [1.54, 1.807) is 6.08 Å². The SMILES string of the molecule is CC(C)(C)C(=O)C1CC[C@H]2[C@@H]3CCC4NC(=O)C=C[C@]4(C)[C@@H]3CC[C@]12C. The Kier molecular flexibility index (Phi) is 3.99. The lowest BCUT2D eigenvalue weighted by molar-refractivity contribution is -0.139. The molecule has 3 saturated carbocycles. The van der Waals surface area contributed by atoms with Gasteiger partial charge in [0.15, 0.2) is 0 Å². The average Bonchev–Trinajstić information content (AvgIpc) is 2.91. The van der Waals surface area contributed by atoms with Crippen LogP contribution in [0.2, 0.25) is 0 Å². The van der Waals surface area contributed by atoms with Crippen LogP contribution in [-0.2, 0) is 9.59 Å². The number of rotatable bonds is 1. The minimum Gasteiger partial charge on any atom is -0.349 e. The maximum atomic E-state index is 13.2. The summed E-state index contributed by atoms with van der Waals surface area (Å²) >= 11 is 0. The molecule has 0 bridgehead atoms. The first-order valence-electron chi connectivity index (χ1n) is 10.6. The van der Waals surface area contributed by atoms with Crippen LogP contribution in [0.15, 0.2) is 12.2 Å². The van der Waals surface area contributed by atoms with Gasteiger partial charge in [-0.05, 0) is 67.8 Å². The first-order valence-corrected chi connectivity index (χ1v) is 10.6. The van der Waals surface area contributed by atoms with Crippen LogP contribution in [0, 0.1) is 39.9 Å². The summed E-state index contributed by atoms with van der Waals surface area (Å²) in [6, 6.07) is 0.291. The maximum Gasteiger partial charge on any atom is 0.243 e. The highest BCUT2D eigenvalue weighted by molar-refractivity contribution is 5.89. The second kappa shape index (κ2) is 5.69. The summed E-state index contributed by atoms with van der Waals surface area (Å²) < 4.78 is 0. The molecule has 3 aliphatic carbocycles. The van der Waals surface area contributed by atoms with Crippen molar-refractivity contribution in [3.63, 3.8) is 0 Å². The van der Waals surface area contributed by atoms with Crippen molar-refractivity contribution >= 4 is 11.7 Å². The zero-order valence-corrected chi connectivity index (χ0v) is 17.1. The van der Waals surface area contributed by atoms with Crippen molar-refractivity contribution in [2.24, 2.45) is 39.9 Å². The molecule has 1 aliphatic heterocycles. The number of nitrogens with one attached hydrogen (secondary N) is 1. The Morgan fingerprint density at radius 3 is 2.50 bits per heavy atom. The van der Waals surface area contributed by atoms with Gasteiger partial charge in [0.2, 0.25) is 5.91 Å².